The van der Waals surface area contributed by atoms with E-state index < -0.39 is 15.4 Å². The molecule has 0 heterocycles. The van der Waals surface area contributed by atoms with Gasteiger partial charge in [-0.25, -0.2) is 8.42 Å². The lowest BCUT2D eigenvalue weighted by Crippen LogP contribution is -2.35. The molecule has 0 saturated carbocycles. The third kappa shape index (κ3) is 4.46. The van der Waals surface area contributed by atoms with Crippen LogP contribution in [-0.2, 0) is 15.4 Å². The van der Waals surface area contributed by atoms with E-state index in [1.807, 2.05) is 18.2 Å². The number of hydrogen-bond donors (Lipinski definition) is 2. The molecule has 0 aliphatic heterocycles. The smallest absolute Gasteiger partial charge is 0.147 e. The van der Waals surface area contributed by atoms with Crippen LogP contribution in [0, 0.1) is 0 Å². The molecule has 1 aromatic carbocycles. The maximum atomic E-state index is 11.0. The highest BCUT2D eigenvalue weighted by molar-refractivity contribution is 7.90. The molecule has 0 spiro atoms. The summed E-state index contributed by atoms with van der Waals surface area (Å²) in [5.74, 6) is 0.0716. The maximum absolute atomic E-state index is 11.0. The molecule has 0 aromatic heterocycles. The van der Waals surface area contributed by atoms with Crippen molar-refractivity contribution < 1.29 is 13.5 Å². The van der Waals surface area contributed by atoms with Gasteiger partial charge in [-0.2, -0.15) is 0 Å². The van der Waals surface area contributed by atoms with Crippen molar-refractivity contribution in [3.05, 3.63) is 35.9 Å². The van der Waals surface area contributed by atoms with Gasteiger partial charge in [-0.15, -0.1) is 0 Å². The van der Waals surface area contributed by atoms with Crippen molar-refractivity contribution in [2.75, 3.05) is 18.6 Å². The van der Waals surface area contributed by atoms with Gasteiger partial charge in [0.05, 0.1) is 0 Å². The molecule has 1 aromatic rings. The Balaban J connectivity index is 2.70. The highest BCUT2D eigenvalue weighted by atomic mass is 32.2. The van der Waals surface area contributed by atoms with Crippen molar-refractivity contribution in [3.63, 3.8) is 0 Å². The number of benzene rings is 1. The van der Waals surface area contributed by atoms with Crippen molar-refractivity contribution in [1.29, 1.82) is 0 Å². The van der Waals surface area contributed by atoms with Gasteiger partial charge >= 0.3 is 0 Å². The standard InChI is InChI=1S/C12H19NO3S/c1-17(15,16)9-5-8-12(14,10-13)11-6-3-2-4-7-11/h2-4,6-7,14H,5,8-10,13H2,1H3. The summed E-state index contributed by atoms with van der Waals surface area (Å²) in [6.07, 6.45) is 1.94. The van der Waals surface area contributed by atoms with Crippen LogP contribution in [0.4, 0.5) is 0 Å². The summed E-state index contributed by atoms with van der Waals surface area (Å²) in [5, 5.41) is 10.4. The Kier molecular flexibility index (Phi) is 4.68. The molecule has 1 rings (SSSR count). The quantitative estimate of drug-likeness (QED) is 0.784. The summed E-state index contributed by atoms with van der Waals surface area (Å²) >= 11 is 0. The third-order valence-electron chi connectivity index (χ3n) is 2.75. The lowest BCUT2D eigenvalue weighted by atomic mass is 9.89. The molecule has 5 heteroatoms. The van der Waals surface area contributed by atoms with E-state index in [-0.39, 0.29) is 12.3 Å². The second-order valence-corrected chi connectivity index (χ2v) is 6.59. The second kappa shape index (κ2) is 5.62. The van der Waals surface area contributed by atoms with Crippen LogP contribution in [0.5, 0.6) is 0 Å². The van der Waals surface area contributed by atoms with Gasteiger partial charge < -0.3 is 10.8 Å². The number of hydrogen-bond acceptors (Lipinski definition) is 4. The van der Waals surface area contributed by atoms with Crippen molar-refractivity contribution in [1.82, 2.24) is 0 Å². The monoisotopic (exact) mass is 257 g/mol. The van der Waals surface area contributed by atoms with E-state index in [1.165, 1.54) is 6.26 Å². The molecule has 0 aliphatic carbocycles. The van der Waals surface area contributed by atoms with Crippen LogP contribution in [0.3, 0.4) is 0 Å². The van der Waals surface area contributed by atoms with E-state index in [0.717, 1.165) is 5.56 Å². The average molecular weight is 257 g/mol. The van der Waals surface area contributed by atoms with Crippen molar-refractivity contribution in [2.45, 2.75) is 18.4 Å². The van der Waals surface area contributed by atoms with Crippen molar-refractivity contribution in [2.24, 2.45) is 5.73 Å². The minimum absolute atomic E-state index is 0.0716. The van der Waals surface area contributed by atoms with Gasteiger partial charge in [-0.05, 0) is 18.4 Å². The first-order valence-electron chi connectivity index (χ1n) is 5.53. The largest absolute Gasteiger partial charge is 0.384 e. The van der Waals surface area contributed by atoms with Gasteiger partial charge in [0.15, 0.2) is 0 Å². The maximum Gasteiger partial charge on any atom is 0.147 e. The molecule has 1 atom stereocenters. The highest BCUT2D eigenvalue weighted by Gasteiger charge is 2.27. The molecule has 3 N–H and O–H groups in total. The summed E-state index contributed by atoms with van der Waals surface area (Å²) in [4.78, 5) is 0. The molecule has 0 fully saturated rings. The Bertz CT molecular complexity index is 444. The summed E-state index contributed by atoms with van der Waals surface area (Å²) in [7, 11) is -2.99. The Morgan fingerprint density at radius 2 is 1.88 bits per heavy atom. The molecule has 0 bridgehead atoms. The Hall–Kier alpha value is -0.910. The van der Waals surface area contributed by atoms with Crippen LogP contribution >= 0.6 is 0 Å². The van der Waals surface area contributed by atoms with E-state index in [9.17, 15) is 13.5 Å². The molecule has 17 heavy (non-hydrogen) atoms. The second-order valence-electron chi connectivity index (χ2n) is 4.34. The number of nitrogens with two attached hydrogens (primary N) is 1. The van der Waals surface area contributed by atoms with Gasteiger partial charge in [-0.1, -0.05) is 30.3 Å². The zero-order valence-electron chi connectivity index (χ0n) is 9.96. The van der Waals surface area contributed by atoms with Gasteiger partial charge in [-0.3, -0.25) is 0 Å². The predicted molar refractivity (Wildman–Crippen MR) is 68.3 cm³/mol. The van der Waals surface area contributed by atoms with Crippen molar-refractivity contribution >= 4 is 9.84 Å². The summed E-state index contributed by atoms with van der Waals surface area (Å²) in [6, 6.07) is 9.11. The minimum atomic E-state index is -2.99. The summed E-state index contributed by atoms with van der Waals surface area (Å²) < 4.78 is 22.1. The van der Waals surface area contributed by atoms with E-state index in [4.69, 9.17) is 5.73 Å². The SMILES string of the molecule is CS(=O)(=O)CCCC(O)(CN)c1ccccc1. The van der Waals surface area contributed by atoms with E-state index >= 15 is 0 Å². The van der Waals surface area contributed by atoms with Crippen LogP contribution in [-0.4, -0.2) is 32.1 Å². The Morgan fingerprint density at radius 3 is 2.35 bits per heavy atom. The molecule has 1 unspecified atom stereocenters. The average Bonchev–Trinajstić information content (AvgIpc) is 2.28. The molecular weight excluding hydrogens is 238 g/mol. The van der Waals surface area contributed by atoms with Gasteiger partial charge in [0.2, 0.25) is 0 Å². The van der Waals surface area contributed by atoms with Crippen LogP contribution in [0.15, 0.2) is 30.3 Å². The van der Waals surface area contributed by atoms with Crippen LogP contribution < -0.4 is 5.73 Å². The fraction of sp³-hybridized carbons (Fsp3) is 0.500. The molecule has 0 radical (unpaired) electrons. The van der Waals surface area contributed by atoms with Gasteiger partial charge in [0, 0.05) is 18.6 Å². The Morgan fingerprint density at radius 1 is 1.29 bits per heavy atom. The predicted octanol–water partition coefficient (Wildman–Crippen LogP) is 0.658. The van der Waals surface area contributed by atoms with E-state index in [1.54, 1.807) is 12.1 Å². The normalized spacial score (nSPS) is 15.5. The lowest BCUT2D eigenvalue weighted by Gasteiger charge is -2.27. The summed E-state index contributed by atoms with van der Waals surface area (Å²) in [6.45, 7) is 0.0841. The first-order valence-corrected chi connectivity index (χ1v) is 7.59. The molecular formula is C12H19NO3S. The number of rotatable bonds is 6. The van der Waals surface area contributed by atoms with Crippen molar-refractivity contribution in [3.8, 4) is 0 Å². The first kappa shape index (κ1) is 14.2. The Labute approximate surface area is 102 Å². The fourth-order valence-corrected chi connectivity index (χ4v) is 2.41. The number of sulfone groups is 1. The summed E-state index contributed by atoms with van der Waals surface area (Å²) in [5.41, 5.74) is 5.19. The molecule has 0 aliphatic rings. The lowest BCUT2D eigenvalue weighted by molar-refractivity contribution is 0.0362. The van der Waals surface area contributed by atoms with E-state index in [0.29, 0.717) is 12.8 Å². The van der Waals surface area contributed by atoms with Gasteiger partial charge in [0.1, 0.15) is 15.4 Å². The molecule has 0 amide bonds. The first-order chi connectivity index (χ1) is 7.87. The third-order valence-corrected chi connectivity index (χ3v) is 3.78. The molecule has 4 nitrogen and oxygen atoms in total. The minimum Gasteiger partial charge on any atom is -0.384 e. The fourth-order valence-electron chi connectivity index (χ4n) is 1.74. The topological polar surface area (TPSA) is 80.4 Å². The molecule has 96 valence electrons. The highest BCUT2D eigenvalue weighted by Crippen LogP contribution is 2.25. The zero-order valence-corrected chi connectivity index (χ0v) is 10.8. The van der Waals surface area contributed by atoms with Crippen LogP contribution in [0.25, 0.3) is 0 Å². The van der Waals surface area contributed by atoms with Gasteiger partial charge in [0.25, 0.3) is 0 Å². The molecule has 0 saturated heterocycles. The van der Waals surface area contributed by atoms with Crippen LogP contribution in [0.1, 0.15) is 18.4 Å². The van der Waals surface area contributed by atoms with Crippen LogP contribution in [0.2, 0.25) is 0 Å². The zero-order chi connectivity index (χ0) is 12.9. The number of aliphatic hydroxyl groups is 1. The van der Waals surface area contributed by atoms with E-state index in [2.05, 4.69) is 0 Å².